The molecule has 0 saturated carbocycles. The number of hydrogen-bond acceptors (Lipinski definition) is 4. The molecule has 102 valence electrons. The zero-order valence-electron chi connectivity index (χ0n) is 12.3. The third kappa shape index (κ3) is 2.90. The molecule has 1 unspecified atom stereocenters. The van der Waals surface area contributed by atoms with E-state index in [0.717, 1.165) is 30.9 Å². The predicted octanol–water partition coefficient (Wildman–Crippen LogP) is 1.32. The zero-order chi connectivity index (χ0) is 13.9. The maximum absolute atomic E-state index is 11.2. The summed E-state index contributed by atoms with van der Waals surface area (Å²) >= 11 is 0. The van der Waals surface area contributed by atoms with Gasteiger partial charge < -0.3 is 9.80 Å². The average molecular weight is 252 g/mol. The zero-order valence-corrected chi connectivity index (χ0v) is 12.3. The molecule has 0 amide bonds. The first-order valence-corrected chi connectivity index (χ1v) is 6.32. The van der Waals surface area contributed by atoms with Gasteiger partial charge in [0.25, 0.3) is 0 Å². The molecule has 1 heterocycles. The molecule has 0 spiro atoms. The van der Waals surface area contributed by atoms with E-state index in [1.165, 1.54) is 0 Å². The molecule has 1 aromatic rings. The van der Waals surface area contributed by atoms with E-state index in [0.29, 0.717) is 11.6 Å². The normalized spacial score (nSPS) is 12.8. The van der Waals surface area contributed by atoms with Gasteiger partial charge in [-0.3, -0.25) is 9.48 Å². The van der Waals surface area contributed by atoms with Crippen LogP contribution in [0.2, 0.25) is 0 Å². The van der Waals surface area contributed by atoms with Gasteiger partial charge in [0.05, 0.1) is 11.3 Å². The number of aldehydes is 1. The summed E-state index contributed by atoms with van der Waals surface area (Å²) < 4.78 is 1.80. The molecule has 0 aliphatic heterocycles. The van der Waals surface area contributed by atoms with Crippen molar-refractivity contribution in [1.29, 1.82) is 0 Å². The summed E-state index contributed by atoms with van der Waals surface area (Å²) in [6.07, 6.45) is 0.905. The molecule has 0 N–H and O–H groups in total. The van der Waals surface area contributed by atoms with E-state index in [1.807, 2.05) is 14.0 Å². The standard InChI is InChI=1S/C13H24N4O/c1-7-17(10(2)8-15(4)5)13-12(9-18)11(3)14-16(13)6/h9-10H,7-8H2,1-6H3. The van der Waals surface area contributed by atoms with Crippen LogP contribution in [0, 0.1) is 6.92 Å². The molecule has 5 nitrogen and oxygen atoms in total. The summed E-state index contributed by atoms with van der Waals surface area (Å²) in [7, 11) is 6.00. The quantitative estimate of drug-likeness (QED) is 0.716. The molecular weight excluding hydrogens is 228 g/mol. The van der Waals surface area contributed by atoms with E-state index in [1.54, 1.807) is 4.68 Å². The Hall–Kier alpha value is -1.36. The fourth-order valence-corrected chi connectivity index (χ4v) is 2.44. The number of aromatic nitrogens is 2. The Morgan fingerprint density at radius 3 is 2.50 bits per heavy atom. The van der Waals surface area contributed by atoms with Crippen LogP contribution in [0.25, 0.3) is 0 Å². The van der Waals surface area contributed by atoms with Gasteiger partial charge in [-0.05, 0) is 34.9 Å². The largest absolute Gasteiger partial charge is 0.353 e. The first kappa shape index (κ1) is 14.7. The van der Waals surface area contributed by atoms with Crippen molar-refractivity contribution in [2.45, 2.75) is 26.8 Å². The molecule has 0 aliphatic rings. The van der Waals surface area contributed by atoms with Gasteiger partial charge in [-0.1, -0.05) is 0 Å². The molecular formula is C13H24N4O. The van der Waals surface area contributed by atoms with Gasteiger partial charge in [-0.25, -0.2) is 0 Å². The Morgan fingerprint density at radius 1 is 1.44 bits per heavy atom. The third-order valence-electron chi connectivity index (χ3n) is 3.13. The molecule has 0 aliphatic carbocycles. The highest BCUT2D eigenvalue weighted by atomic mass is 16.1. The van der Waals surface area contributed by atoms with Crippen LogP contribution in [-0.2, 0) is 7.05 Å². The van der Waals surface area contributed by atoms with Crippen LogP contribution in [0.3, 0.4) is 0 Å². The topological polar surface area (TPSA) is 41.4 Å². The van der Waals surface area contributed by atoms with Gasteiger partial charge >= 0.3 is 0 Å². The summed E-state index contributed by atoms with van der Waals surface area (Å²) in [5, 5.41) is 4.34. The lowest BCUT2D eigenvalue weighted by molar-refractivity contribution is 0.112. The lowest BCUT2D eigenvalue weighted by atomic mass is 10.2. The van der Waals surface area contributed by atoms with Crippen LogP contribution in [0.1, 0.15) is 29.9 Å². The summed E-state index contributed by atoms with van der Waals surface area (Å²) in [6.45, 7) is 7.94. The molecule has 0 aromatic carbocycles. The molecule has 0 radical (unpaired) electrons. The van der Waals surface area contributed by atoms with Crippen molar-refractivity contribution in [3.05, 3.63) is 11.3 Å². The van der Waals surface area contributed by atoms with Crippen LogP contribution in [-0.4, -0.2) is 54.2 Å². The molecule has 18 heavy (non-hydrogen) atoms. The van der Waals surface area contributed by atoms with E-state index in [4.69, 9.17) is 0 Å². The van der Waals surface area contributed by atoms with Crippen LogP contribution >= 0.6 is 0 Å². The lowest BCUT2D eigenvalue weighted by Crippen LogP contribution is -2.41. The van der Waals surface area contributed by atoms with Crippen molar-refractivity contribution in [1.82, 2.24) is 14.7 Å². The van der Waals surface area contributed by atoms with Crippen LogP contribution in [0.4, 0.5) is 5.82 Å². The van der Waals surface area contributed by atoms with Crippen molar-refractivity contribution in [2.24, 2.45) is 7.05 Å². The average Bonchev–Trinajstić information content (AvgIpc) is 2.54. The number of rotatable bonds is 6. The van der Waals surface area contributed by atoms with Gasteiger partial charge in [-0.15, -0.1) is 0 Å². The van der Waals surface area contributed by atoms with Gasteiger partial charge in [0.2, 0.25) is 0 Å². The minimum absolute atomic E-state index is 0.332. The number of carbonyl (C=O) groups is 1. The highest BCUT2D eigenvalue weighted by molar-refractivity contribution is 5.84. The molecule has 1 rings (SSSR count). The van der Waals surface area contributed by atoms with Crippen molar-refractivity contribution >= 4 is 12.1 Å². The minimum atomic E-state index is 0.332. The first-order chi connectivity index (χ1) is 8.42. The Labute approximate surface area is 109 Å². The second-order valence-electron chi connectivity index (χ2n) is 4.96. The highest BCUT2D eigenvalue weighted by Gasteiger charge is 2.22. The summed E-state index contributed by atoms with van der Waals surface area (Å²) in [6, 6.07) is 0.332. The molecule has 0 fully saturated rings. The van der Waals surface area contributed by atoms with Crippen molar-refractivity contribution in [2.75, 3.05) is 32.1 Å². The van der Waals surface area contributed by atoms with E-state index in [2.05, 4.69) is 42.8 Å². The van der Waals surface area contributed by atoms with Gasteiger partial charge in [-0.2, -0.15) is 5.10 Å². The van der Waals surface area contributed by atoms with Crippen molar-refractivity contribution < 1.29 is 4.79 Å². The summed E-state index contributed by atoms with van der Waals surface area (Å²) in [5.74, 6) is 0.916. The van der Waals surface area contributed by atoms with Crippen molar-refractivity contribution in [3.63, 3.8) is 0 Å². The fourth-order valence-electron chi connectivity index (χ4n) is 2.44. The minimum Gasteiger partial charge on any atom is -0.353 e. The smallest absolute Gasteiger partial charge is 0.155 e. The Kier molecular flexibility index (Phi) is 4.90. The summed E-state index contributed by atoms with van der Waals surface area (Å²) in [5.41, 5.74) is 1.49. The van der Waals surface area contributed by atoms with Gasteiger partial charge in [0.1, 0.15) is 5.82 Å². The Balaban J connectivity index is 3.12. The van der Waals surface area contributed by atoms with Crippen LogP contribution in [0.5, 0.6) is 0 Å². The second kappa shape index (κ2) is 6.00. The number of anilines is 1. The molecule has 1 aromatic heterocycles. The van der Waals surface area contributed by atoms with Crippen molar-refractivity contribution in [3.8, 4) is 0 Å². The number of nitrogens with zero attached hydrogens (tertiary/aromatic N) is 4. The van der Waals surface area contributed by atoms with Gasteiger partial charge in [0.15, 0.2) is 6.29 Å². The van der Waals surface area contributed by atoms with Crippen LogP contribution < -0.4 is 4.90 Å². The van der Waals surface area contributed by atoms with E-state index < -0.39 is 0 Å². The van der Waals surface area contributed by atoms with E-state index in [-0.39, 0.29) is 0 Å². The fraction of sp³-hybridized carbons (Fsp3) is 0.692. The molecule has 1 atom stereocenters. The monoisotopic (exact) mass is 252 g/mol. The second-order valence-corrected chi connectivity index (χ2v) is 4.96. The molecule has 5 heteroatoms. The number of hydrogen-bond donors (Lipinski definition) is 0. The Morgan fingerprint density at radius 2 is 2.06 bits per heavy atom. The highest BCUT2D eigenvalue weighted by Crippen LogP contribution is 2.23. The van der Waals surface area contributed by atoms with Crippen LogP contribution in [0.15, 0.2) is 0 Å². The maximum Gasteiger partial charge on any atom is 0.155 e. The van der Waals surface area contributed by atoms with E-state index >= 15 is 0 Å². The predicted molar refractivity (Wildman–Crippen MR) is 74.4 cm³/mol. The Bertz CT molecular complexity index is 411. The number of carbonyl (C=O) groups excluding carboxylic acids is 1. The molecule has 0 bridgehead atoms. The lowest BCUT2D eigenvalue weighted by Gasteiger charge is -2.32. The SMILES string of the molecule is CCN(c1c(C=O)c(C)nn1C)C(C)CN(C)C. The first-order valence-electron chi connectivity index (χ1n) is 6.32. The molecule has 0 saturated heterocycles. The summed E-state index contributed by atoms with van der Waals surface area (Å²) in [4.78, 5) is 15.6. The third-order valence-corrected chi connectivity index (χ3v) is 3.13. The number of likely N-dealkylation sites (N-methyl/N-ethyl adjacent to an activating group) is 2. The van der Waals surface area contributed by atoms with E-state index in [9.17, 15) is 4.79 Å². The van der Waals surface area contributed by atoms with Gasteiger partial charge in [0, 0.05) is 26.2 Å². The number of aryl methyl sites for hydroxylation is 2. The maximum atomic E-state index is 11.2.